The van der Waals surface area contributed by atoms with E-state index in [0.717, 1.165) is 5.56 Å². The number of esters is 1. The Morgan fingerprint density at radius 1 is 1.16 bits per heavy atom. The van der Waals surface area contributed by atoms with Gasteiger partial charge in [-0.15, -0.1) is 0 Å². The normalized spacial score (nSPS) is 16.0. The van der Waals surface area contributed by atoms with Crippen molar-refractivity contribution in [3.05, 3.63) is 59.7 Å². The Balaban J connectivity index is 1.53. The van der Waals surface area contributed by atoms with E-state index in [9.17, 15) is 18.0 Å². The minimum absolute atomic E-state index is 0.206. The Morgan fingerprint density at radius 2 is 1.81 bits per heavy atom. The van der Waals surface area contributed by atoms with Gasteiger partial charge in [0.25, 0.3) is 5.91 Å². The smallest absolute Gasteiger partial charge is 0.309 e. The van der Waals surface area contributed by atoms with Gasteiger partial charge in [-0.25, -0.2) is 8.42 Å². The molecule has 1 saturated heterocycles. The molecule has 1 N–H and O–H groups in total. The number of nitriles is 1. The van der Waals surface area contributed by atoms with E-state index in [2.05, 4.69) is 5.32 Å². The molecule has 1 fully saturated rings. The molecule has 0 unspecified atom stereocenters. The zero-order chi connectivity index (χ0) is 23.3. The first-order valence-electron chi connectivity index (χ1n) is 10.3. The molecule has 9 heteroatoms. The molecule has 2 aromatic rings. The van der Waals surface area contributed by atoms with Gasteiger partial charge in [0.05, 0.1) is 22.4 Å². The number of carbonyl (C=O) groups excluding carboxylic acids is 2. The SMILES string of the molecule is Cc1ccc(S(=O)(=O)N2CCC(C(=O)O[C@@H](C)C(=O)Nc3cccc(C#N)c3)CC2)cc1. The van der Waals surface area contributed by atoms with Crippen LogP contribution in [0.3, 0.4) is 0 Å². The molecule has 1 aliphatic rings. The van der Waals surface area contributed by atoms with Crippen molar-refractivity contribution in [3.63, 3.8) is 0 Å². The van der Waals surface area contributed by atoms with Crippen LogP contribution in [0, 0.1) is 24.2 Å². The largest absolute Gasteiger partial charge is 0.452 e. The average Bonchev–Trinajstić information content (AvgIpc) is 2.79. The Hall–Kier alpha value is -3.22. The molecule has 0 radical (unpaired) electrons. The number of hydrogen-bond acceptors (Lipinski definition) is 6. The fourth-order valence-corrected chi connectivity index (χ4v) is 4.90. The van der Waals surface area contributed by atoms with Gasteiger partial charge < -0.3 is 10.1 Å². The van der Waals surface area contributed by atoms with Crippen LogP contribution in [-0.2, 0) is 24.3 Å². The van der Waals surface area contributed by atoms with Crippen LogP contribution in [0.15, 0.2) is 53.4 Å². The summed E-state index contributed by atoms with van der Waals surface area (Å²) in [4.78, 5) is 25.1. The molecule has 168 valence electrons. The summed E-state index contributed by atoms with van der Waals surface area (Å²) in [5, 5.41) is 11.6. The molecule has 0 spiro atoms. The molecule has 2 aromatic carbocycles. The van der Waals surface area contributed by atoms with Crippen LogP contribution in [0.2, 0.25) is 0 Å². The summed E-state index contributed by atoms with van der Waals surface area (Å²) in [6, 6.07) is 15.1. The quantitative estimate of drug-likeness (QED) is 0.670. The predicted octanol–water partition coefficient (Wildman–Crippen LogP) is 2.84. The van der Waals surface area contributed by atoms with Crippen molar-refractivity contribution < 1.29 is 22.7 Å². The van der Waals surface area contributed by atoms with Gasteiger partial charge >= 0.3 is 5.97 Å². The van der Waals surface area contributed by atoms with Crippen molar-refractivity contribution in [1.29, 1.82) is 5.26 Å². The van der Waals surface area contributed by atoms with E-state index in [-0.39, 0.29) is 18.0 Å². The molecular formula is C23H25N3O5S. The molecule has 8 nitrogen and oxygen atoms in total. The number of ether oxygens (including phenoxy) is 1. The van der Waals surface area contributed by atoms with Gasteiger partial charge in [0.2, 0.25) is 10.0 Å². The van der Waals surface area contributed by atoms with Crippen LogP contribution in [-0.4, -0.2) is 43.8 Å². The number of hydrogen-bond donors (Lipinski definition) is 1. The Bertz CT molecular complexity index is 1130. The van der Waals surface area contributed by atoms with Crippen LogP contribution < -0.4 is 5.32 Å². The first-order valence-corrected chi connectivity index (χ1v) is 11.7. The number of nitrogens with zero attached hydrogens (tertiary/aromatic N) is 2. The standard InChI is InChI=1S/C23H25N3O5S/c1-16-6-8-21(9-7-16)32(29,30)26-12-10-19(11-13-26)23(28)31-17(2)22(27)25-20-5-3-4-18(14-20)15-24/h3-9,14,17,19H,10-13H2,1-2H3,(H,25,27)/t17-/m0/s1. The molecule has 32 heavy (non-hydrogen) atoms. The molecule has 3 rings (SSSR count). The van der Waals surface area contributed by atoms with Gasteiger partial charge in [0, 0.05) is 18.8 Å². The van der Waals surface area contributed by atoms with Crippen LogP contribution in [0.1, 0.15) is 30.9 Å². The monoisotopic (exact) mass is 455 g/mol. The zero-order valence-electron chi connectivity index (χ0n) is 17.9. The maximum Gasteiger partial charge on any atom is 0.309 e. The first kappa shape index (κ1) is 23.4. The molecule has 0 aliphatic carbocycles. The highest BCUT2D eigenvalue weighted by Gasteiger charge is 2.34. The Kier molecular flexibility index (Phi) is 7.28. The van der Waals surface area contributed by atoms with E-state index in [1.165, 1.54) is 17.3 Å². The Labute approximate surface area is 187 Å². The maximum atomic E-state index is 12.8. The predicted molar refractivity (Wildman–Crippen MR) is 118 cm³/mol. The fraction of sp³-hybridized carbons (Fsp3) is 0.348. The lowest BCUT2D eigenvalue weighted by Crippen LogP contribution is -2.41. The van der Waals surface area contributed by atoms with Crippen molar-refractivity contribution in [3.8, 4) is 6.07 Å². The summed E-state index contributed by atoms with van der Waals surface area (Å²) in [5.74, 6) is -1.50. The van der Waals surface area contributed by atoms with E-state index in [4.69, 9.17) is 10.00 Å². The molecule has 1 aliphatic heterocycles. The molecule has 1 atom stereocenters. The van der Waals surface area contributed by atoms with Crippen LogP contribution in [0.5, 0.6) is 0 Å². The molecule has 1 amide bonds. The number of nitrogens with one attached hydrogen (secondary N) is 1. The number of amides is 1. The molecule has 0 aromatic heterocycles. The summed E-state index contributed by atoms with van der Waals surface area (Å²) >= 11 is 0. The Morgan fingerprint density at radius 3 is 2.44 bits per heavy atom. The summed E-state index contributed by atoms with van der Waals surface area (Å²) in [6.07, 6.45) is -0.382. The summed E-state index contributed by atoms with van der Waals surface area (Å²) in [5.41, 5.74) is 1.81. The van der Waals surface area contributed by atoms with Gasteiger partial charge in [-0.3, -0.25) is 9.59 Å². The van der Waals surface area contributed by atoms with Crippen LogP contribution >= 0.6 is 0 Å². The fourth-order valence-electron chi connectivity index (χ4n) is 3.43. The van der Waals surface area contributed by atoms with Crippen molar-refractivity contribution in [1.82, 2.24) is 4.31 Å². The van der Waals surface area contributed by atoms with Crippen molar-refractivity contribution in [2.45, 2.75) is 37.7 Å². The molecule has 1 heterocycles. The number of sulfonamides is 1. The minimum atomic E-state index is -3.61. The topological polar surface area (TPSA) is 117 Å². The average molecular weight is 456 g/mol. The van der Waals surface area contributed by atoms with Gasteiger partial charge in [0.1, 0.15) is 0 Å². The number of piperidine rings is 1. The van der Waals surface area contributed by atoms with Crippen LogP contribution in [0.25, 0.3) is 0 Å². The number of anilines is 1. The van der Waals surface area contributed by atoms with E-state index in [1.54, 1.807) is 42.5 Å². The van der Waals surface area contributed by atoms with E-state index in [1.807, 2.05) is 13.0 Å². The summed E-state index contributed by atoms with van der Waals surface area (Å²) in [7, 11) is -3.61. The third-order valence-corrected chi connectivity index (χ3v) is 7.28. The number of benzene rings is 2. The summed E-state index contributed by atoms with van der Waals surface area (Å²) in [6.45, 7) is 3.77. The highest BCUT2D eigenvalue weighted by atomic mass is 32.2. The second-order valence-corrected chi connectivity index (χ2v) is 9.69. The van der Waals surface area contributed by atoms with E-state index in [0.29, 0.717) is 24.1 Å². The number of rotatable bonds is 6. The second-order valence-electron chi connectivity index (χ2n) is 7.75. The highest BCUT2D eigenvalue weighted by molar-refractivity contribution is 7.89. The van der Waals surface area contributed by atoms with Crippen LogP contribution in [0.4, 0.5) is 5.69 Å². The zero-order valence-corrected chi connectivity index (χ0v) is 18.8. The molecule has 0 saturated carbocycles. The summed E-state index contributed by atoms with van der Waals surface area (Å²) < 4.78 is 32.3. The lowest BCUT2D eigenvalue weighted by atomic mass is 9.98. The third kappa shape index (κ3) is 5.52. The number of aryl methyl sites for hydroxylation is 1. The van der Waals surface area contributed by atoms with Crippen molar-refractivity contribution in [2.24, 2.45) is 5.92 Å². The first-order chi connectivity index (χ1) is 15.2. The maximum absolute atomic E-state index is 12.8. The lowest BCUT2D eigenvalue weighted by molar-refractivity contribution is -0.158. The molecular weight excluding hydrogens is 430 g/mol. The number of carbonyl (C=O) groups is 2. The van der Waals surface area contributed by atoms with Gasteiger partial charge in [-0.2, -0.15) is 9.57 Å². The van der Waals surface area contributed by atoms with Crippen molar-refractivity contribution >= 4 is 27.6 Å². The third-order valence-electron chi connectivity index (χ3n) is 5.37. The lowest BCUT2D eigenvalue weighted by Gasteiger charge is -2.30. The van der Waals surface area contributed by atoms with Gasteiger partial charge in [-0.1, -0.05) is 23.8 Å². The molecule has 0 bridgehead atoms. The van der Waals surface area contributed by atoms with E-state index < -0.39 is 33.9 Å². The minimum Gasteiger partial charge on any atom is -0.452 e. The second kappa shape index (κ2) is 9.94. The highest BCUT2D eigenvalue weighted by Crippen LogP contribution is 2.25. The van der Waals surface area contributed by atoms with Gasteiger partial charge in [-0.05, 0) is 57.0 Å². The van der Waals surface area contributed by atoms with Gasteiger partial charge in [0.15, 0.2) is 6.10 Å². The van der Waals surface area contributed by atoms with E-state index >= 15 is 0 Å². The van der Waals surface area contributed by atoms with Crippen molar-refractivity contribution in [2.75, 3.05) is 18.4 Å².